The van der Waals surface area contributed by atoms with Crippen molar-refractivity contribution in [2.24, 2.45) is 0 Å². The molecule has 5 rings (SSSR count). The molecule has 4 aromatic rings. The molecule has 160 valence electrons. The van der Waals surface area contributed by atoms with Crippen LogP contribution in [0.2, 0.25) is 0 Å². The van der Waals surface area contributed by atoms with Crippen LogP contribution in [0.25, 0.3) is 33.5 Å². The summed E-state index contributed by atoms with van der Waals surface area (Å²) in [6, 6.07) is 7.33. The molecule has 9 nitrogen and oxygen atoms in total. The van der Waals surface area contributed by atoms with Crippen LogP contribution in [0.5, 0.6) is 5.75 Å². The standard InChI is InChI=1S/C22H25N7O2/c1-21(2)9-15(10-22(3,4)27-21)29-20-18(25-28-29)8-17(24-26-20)16-6-5-13(7-19(16)30)14-11-23-31-12-14/h5-8,11-12,15,27,30H,9-10H2,1-4H3. The number of phenols is 1. The molecule has 1 fully saturated rings. The topological polar surface area (TPSA) is 115 Å². The largest absolute Gasteiger partial charge is 0.507 e. The number of fused-ring (bicyclic) bond motifs is 1. The number of rotatable bonds is 3. The number of phenolic OH excluding ortho intramolecular Hbond substituents is 1. The summed E-state index contributed by atoms with van der Waals surface area (Å²) in [4.78, 5) is 0. The van der Waals surface area contributed by atoms with Gasteiger partial charge in [-0.05, 0) is 64.3 Å². The van der Waals surface area contributed by atoms with Gasteiger partial charge in [0.25, 0.3) is 0 Å². The highest BCUT2D eigenvalue weighted by molar-refractivity contribution is 5.79. The first-order valence-corrected chi connectivity index (χ1v) is 10.3. The van der Waals surface area contributed by atoms with Gasteiger partial charge in [0.1, 0.15) is 17.5 Å². The van der Waals surface area contributed by atoms with E-state index in [1.165, 1.54) is 6.26 Å². The van der Waals surface area contributed by atoms with Gasteiger partial charge in [-0.15, -0.1) is 15.3 Å². The number of aromatic hydroxyl groups is 1. The van der Waals surface area contributed by atoms with Gasteiger partial charge < -0.3 is 14.9 Å². The van der Waals surface area contributed by atoms with E-state index in [4.69, 9.17) is 4.52 Å². The molecule has 0 amide bonds. The number of hydrogen-bond donors (Lipinski definition) is 2. The summed E-state index contributed by atoms with van der Waals surface area (Å²) >= 11 is 0. The van der Waals surface area contributed by atoms with E-state index in [1.54, 1.807) is 18.3 Å². The van der Waals surface area contributed by atoms with Gasteiger partial charge in [-0.25, -0.2) is 4.68 Å². The van der Waals surface area contributed by atoms with Gasteiger partial charge in [0.05, 0.1) is 17.9 Å². The van der Waals surface area contributed by atoms with E-state index >= 15 is 0 Å². The molecular formula is C22H25N7O2. The summed E-state index contributed by atoms with van der Waals surface area (Å²) < 4.78 is 6.77. The Bertz CT molecular complexity index is 1230. The van der Waals surface area contributed by atoms with Crippen molar-refractivity contribution in [2.45, 2.75) is 57.7 Å². The molecule has 1 aromatic carbocycles. The van der Waals surface area contributed by atoms with E-state index in [0.29, 0.717) is 22.4 Å². The third kappa shape index (κ3) is 3.65. The number of aromatic nitrogens is 6. The van der Waals surface area contributed by atoms with Gasteiger partial charge in [0.15, 0.2) is 0 Å². The average molecular weight is 419 g/mol. The van der Waals surface area contributed by atoms with Crippen LogP contribution in [0.1, 0.15) is 46.6 Å². The van der Waals surface area contributed by atoms with Crippen LogP contribution in [0.3, 0.4) is 0 Å². The second kappa shape index (κ2) is 6.84. The zero-order valence-electron chi connectivity index (χ0n) is 18.0. The summed E-state index contributed by atoms with van der Waals surface area (Å²) in [5, 5.41) is 35.5. The molecule has 31 heavy (non-hydrogen) atoms. The highest BCUT2D eigenvalue weighted by atomic mass is 16.5. The smallest absolute Gasteiger partial charge is 0.201 e. The molecule has 4 heterocycles. The van der Waals surface area contributed by atoms with E-state index < -0.39 is 0 Å². The molecule has 0 saturated carbocycles. The quantitative estimate of drug-likeness (QED) is 0.516. The lowest BCUT2D eigenvalue weighted by Gasteiger charge is -2.46. The normalized spacial score (nSPS) is 18.5. The fourth-order valence-electron chi connectivity index (χ4n) is 4.85. The second-order valence-corrected chi connectivity index (χ2v) is 9.57. The van der Waals surface area contributed by atoms with Crippen LogP contribution in [0.15, 0.2) is 41.2 Å². The van der Waals surface area contributed by atoms with E-state index in [9.17, 15) is 5.11 Å². The molecule has 1 saturated heterocycles. The van der Waals surface area contributed by atoms with Gasteiger partial charge >= 0.3 is 0 Å². The molecule has 3 aromatic heterocycles. The predicted molar refractivity (Wildman–Crippen MR) is 115 cm³/mol. The SMILES string of the molecule is CC1(C)CC(n2nnc3cc(-c4ccc(-c5cnoc5)cc4O)nnc32)CC(C)(C)N1. The minimum absolute atomic E-state index is 0.0178. The van der Waals surface area contributed by atoms with Gasteiger partial charge in [-0.1, -0.05) is 16.4 Å². The van der Waals surface area contributed by atoms with Gasteiger partial charge in [0.2, 0.25) is 5.65 Å². The highest BCUT2D eigenvalue weighted by Crippen LogP contribution is 2.37. The van der Waals surface area contributed by atoms with Crippen molar-refractivity contribution in [3.05, 3.63) is 36.7 Å². The van der Waals surface area contributed by atoms with Crippen molar-refractivity contribution < 1.29 is 9.63 Å². The number of nitrogens with zero attached hydrogens (tertiary/aromatic N) is 6. The van der Waals surface area contributed by atoms with Gasteiger partial charge in [-0.3, -0.25) is 0 Å². The fraction of sp³-hybridized carbons (Fsp3) is 0.409. The summed E-state index contributed by atoms with van der Waals surface area (Å²) in [5.41, 5.74) is 3.99. The monoisotopic (exact) mass is 419 g/mol. The van der Waals surface area contributed by atoms with Gasteiger partial charge in [-0.2, -0.15) is 0 Å². The van der Waals surface area contributed by atoms with Crippen molar-refractivity contribution in [1.82, 2.24) is 35.7 Å². The Morgan fingerprint density at radius 1 is 1.03 bits per heavy atom. The van der Waals surface area contributed by atoms with E-state index in [-0.39, 0.29) is 22.9 Å². The first-order chi connectivity index (χ1) is 14.7. The summed E-state index contributed by atoms with van der Waals surface area (Å²) in [7, 11) is 0. The Labute approximate surface area is 179 Å². The lowest BCUT2D eigenvalue weighted by atomic mass is 9.80. The Morgan fingerprint density at radius 2 is 1.81 bits per heavy atom. The summed E-state index contributed by atoms with van der Waals surface area (Å²) in [6.07, 6.45) is 4.97. The highest BCUT2D eigenvalue weighted by Gasteiger charge is 2.39. The molecular weight excluding hydrogens is 394 g/mol. The maximum Gasteiger partial charge on any atom is 0.201 e. The molecule has 0 atom stereocenters. The van der Waals surface area contributed by atoms with Crippen molar-refractivity contribution in [3.8, 4) is 28.1 Å². The van der Waals surface area contributed by atoms with Crippen molar-refractivity contribution >= 4 is 11.2 Å². The molecule has 1 aliphatic heterocycles. The number of nitrogens with one attached hydrogen (secondary N) is 1. The van der Waals surface area contributed by atoms with Gasteiger partial charge in [0, 0.05) is 22.2 Å². The zero-order chi connectivity index (χ0) is 21.8. The fourth-order valence-corrected chi connectivity index (χ4v) is 4.85. The molecule has 2 N–H and O–H groups in total. The maximum absolute atomic E-state index is 10.6. The van der Waals surface area contributed by atoms with E-state index in [1.807, 2.05) is 16.8 Å². The third-order valence-corrected chi connectivity index (χ3v) is 5.77. The molecule has 0 radical (unpaired) electrons. The Hall–Kier alpha value is -3.33. The lowest BCUT2D eigenvalue weighted by Crippen LogP contribution is -2.58. The zero-order valence-corrected chi connectivity index (χ0v) is 18.0. The van der Waals surface area contributed by atoms with Crippen LogP contribution in [0, 0.1) is 0 Å². The number of benzene rings is 1. The molecule has 0 spiro atoms. The maximum atomic E-state index is 10.6. The van der Waals surface area contributed by atoms with E-state index in [0.717, 1.165) is 24.0 Å². The van der Waals surface area contributed by atoms with Crippen LogP contribution in [-0.2, 0) is 0 Å². The van der Waals surface area contributed by atoms with Crippen LogP contribution >= 0.6 is 0 Å². The van der Waals surface area contributed by atoms with Crippen LogP contribution in [0.4, 0.5) is 0 Å². The third-order valence-electron chi connectivity index (χ3n) is 5.77. The summed E-state index contributed by atoms with van der Waals surface area (Å²) in [5.74, 6) is 0.0987. The van der Waals surface area contributed by atoms with E-state index in [2.05, 4.69) is 58.7 Å². The predicted octanol–water partition coefficient (Wildman–Crippen LogP) is 3.73. The molecule has 9 heteroatoms. The molecule has 0 bridgehead atoms. The number of piperidine rings is 1. The van der Waals surface area contributed by atoms with Crippen molar-refractivity contribution in [3.63, 3.8) is 0 Å². The Kier molecular flexibility index (Phi) is 4.33. The lowest BCUT2D eigenvalue weighted by molar-refractivity contribution is 0.127. The van der Waals surface area contributed by atoms with Crippen molar-refractivity contribution in [1.29, 1.82) is 0 Å². The second-order valence-electron chi connectivity index (χ2n) is 9.57. The molecule has 0 unspecified atom stereocenters. The molecule has 0 aliphatic carbocycles. The molecule has 1 aliphatic rings. The summed E-state index contributed by atoms with van der Waals surface area (Å²) in [6.45, 7) is 8.82. The Morgan fingerprint density at radius 3 is 2.48 bits per heavy atom. The van der Waals surface area contributed by atoms with Crippen molar-refractivity contribution in [2.75, 3.05) is 0 Å². The first kappa shape index (κ1) is 19.6. The first-order valence-electron chi connectivity index (χ1n) is 10.3. The van der Waals surface area contributed by atoms with Crippen LogP contribution in [-0.4, -0.2) is 46.5 Å². The number of hydrogen-bond acceptors (Lipinski definition) is 8. The minimum atomic E-state index is -0.0178. The average Bonchev–Trinajstić information content (AvgIpc) is 3.35. The Balaban J connectivity index is 1.49. The van der Waals surface area contributed by atoms with Crippen LogP contribution < -0.4 is 5.32 Å². The minimum Gasteiger partial charge on any atom is -0.507 e.